The number of morpholine rings is 1. The lowest BCUT2D eigenvalue weighted by molar-refractivity contribution is -0.0707. The third-order valence-electron chi connectivity index (χ3n) is 6.70. The molecule has 0 aliphatic carbocycles. The number of benzene rings is 2. The van der Waals surface area contributed by atoms with Crippen molar-refractivity contribution in [2.24, 2.45) is 0 Å². The summed E-state index contributed by atoms with van der Waals surface area (Å²) in [7, 11) is 0. The molecule has 2 fully saturated rings. The number of carbonyl (C=O) groups excluding carboxylic acids is 1. The van der Waals surface area contributed by atoms with Gasteiger partial charge in [0, 0.05) is 19.6 Å². The number of carbonyl (C=O) groups is 1. The highest BCUT2D eigenvalue weighted by atomic mass is 16.5. The molecule has 0 unspecified atom stereocenters. The lowest BCUT2D eigenvalue weighted by Gasteiger charge is -2.43. The third kappa shape index (κ3) is 3.84. The topological polar surface area (TPSA) is 44.8 Å². The van der Waals surface area contributed by atoms with E-state index in [0.717, 1.165) is 55.8 Å². The van der Waals surface area contributed by atoms with Gasteiger partial charge in [-0.05, 0) is 56.0 Å². The second kappa shape index (κ2) is 8.78. The predicted molar refractivity (Wildman–Crippen MR) is 119 cm³/mol. The minimum absolute atomic E-state index is 0.00398. The summed E-state index contributed by atoms with van der Waals surface area (Å²) in [6, 6.07) is 16.5. The van der Waals surface area contributed by atoms with E-state index in [2.05, 4.69) is 45.4 Å². The number of rotatable bonds is 4. The quantitative estimate of drug-likeness (QED) is 0.842. The van der Waals surface area contributed by atoms with Gasteiger partial charge in [-0.1, -0.05) is 42.5 Å². The van der Waals surface area contributed by atoms with Crippen molar-refractivity contribution in [2.45, 2.75) is 37.8 Å². The first-order chi connectivity index (χ1) is 14.8. The second-order valence-electron chi connectivity index (χ2n) is 8.64. The number of anilines is 1. The molecule has 2 aromatic carbocycles. The molecule has 158 valence electrons. The standard InChI is InChI=1S/C25H31N3O2/c29-25(21-12-6-10-19-11-7-13-26-23(19)21)28-16-17-30-22(18-27-14-4-5-15-27)24(28)20-8-2-1-3-9-20/h1-3,6,8-10,12,22,24,26H,4-5,7,11,13-18H2/t22-,24-/m0/s1. The van der Waals surface area contributed by atoms with Crippen molar-refractivity contribution >= 4 is 11.6 Å². The average molecular weight is 406 g/mol. The number of fused-ring (bicyclic) bond motifs is 1. The Labute approximate surface area is 179 Å². The molecule has 3 aliphatic heterocycles. The number of ether oxygens (including phenoxy) is 1. The minimum Gasteiger partial charge on any atom is -0.384 e. The maximum atomic E-state index is 13.9. The first-order valence-electron chi connectivity index (χ1n) is 11.4. The summed E-state index contributed by atoms with van der Waals surface area (Å²) >= 11 is 0. The molecule has 30 heavy (non-hydrogen) atoms. The number of nitrogens with one attached hydrogen (secondary N) is 1. The molecule has 2 aromatic rings. The Balaban J connectivity index is 1.48. The van der Waals surface area contributed by atoms with Gasteiger partial charge in [0.2, 0.25) is 0 Å². The fraction of sp³-hybridized carbons (Fsp3) is 0.480. The van der Waals surface area contributed by atoms with Gasteiger partial charge in [-0.25, -0.2) is 0 Å². The van der Waals surface area contributed by atoms with Crippen molar-refractivity contribution in [3.63, 3.8) is 0 Å². The summed E-state index contributed by atoms with van der Waals surface area (Å²) in [5, 5.41) is 3.49. The Morgan fingerprint density at radius 1 is 1.00 bits per heavy atom. The largest absolute Gasteiger partial charge is 0.384 e. The molecule has 0 spiro atoms. The molecule has 1 amide bonds. The maximum absolute atomic E-state index is 13.9. The zero-order valence-corrected chi connectivity index (χ0v) is 17.6. The number of aryl methyl sites for hydroxylation is 1. The van der Waals surface area contributed by atoms with E-state index in [1.54, 1.807) is 0 Å². The zero-order chi connectivity index (χ0) is 20.3. The summed E-state index contributed by atoms with van der Waals surface area (Å²) in [6.45, 7) is 5.29. The number of para-hydroxylation sites is 1. The van der Waals surface area contributed by atoms with E-state index < -0.39 is 0 Å². The van der Waals surface area contributed by atoms with Crippen LogP contribution in [-0.2, 0) is 11.2 Å². The molecule has 0 aromatic heterocycles. The lowest BCUT2D eigenvalue weighted by atomic mass is 9.94. The SMILES string of the molecule is O=C(c1cccc2c1NCCC2)N1CCO[C@@H](CN2CCCC2)[C@@H]1c1ccccc1. The van der Waals surface area contributed by atoms with Gasteiger partial charge in [0.25, 0.3) is 5.91 Å². The van der Waals surface area contributed by atoms with E-state index in [9.17, 15) is 4.79 Å². The first kappa shape index (κ1) is 19.6. The smallest absolute Gasteiger partial charge is 0.256 e. The van der Waals surface area contributed by atoms with E-state index in [1.807, 2.05) is 18.2 Å². The molecule has 2 atom stereocenters. The van der Waals surface area contributed by atoms with Crippen molar-refractivity contribution in [1.29, 1.82) is 0 Å². The van der Waals surface area contributed by atoms with Crippen LogP contribution in [0.4, 0.5) is 5.69 Å². The minimum atomic E-state index is -0.0625. The van der Waals surface area contributed by atoms with Crippen LogP contribution in [-0.4, -0.2) is 61.1 Å². The molecule has 5 nitrogen and oxygen atoms in total. The molecule has 0 bridgehead atoms. The molecule has 0 saturated carbocycles. The Morgan fingerprint density at radius 2 is 1.83 bits per heavy atom. The molecular formula is C25H31N3O2. The summed E-state index contributed by atoms with van der Waals surface area (Å²) < 4.78 is 6.28. The van der Waals surface area contributed by atoms with Gasteiger partial charge >= 0.3 is 0 Å². The van der Waals surface area contributed by atoms with Gasteiger partial charge in [0.05, 0.1) is 30.0 Å². The van der Waals surface area contributed by atoms with E-state index in [0.29, 0.717) is 13.2 Å². The summed E-state index contributed by atoms with van der Waals surface area (Å²) in [5.74, 6) is 0.116. The Hall–Kier alpha value is -2.37. The summed E-state index contributed by atoms with van der Waals surface area (Å²) in [5.41, 5.74) is 4.25. The fourth-order valence-electron chi connectivity index (χ4n) is 5.22. The molecule has 3 aliphatic rings. The zero-order valence-electron chi connectivity index (χ0n) is 17.6. The van der Waals surface area contributed by atoms with Crippen LogP contribution >= 0.6 is 0 Å². The number of hydrogen-bond acceptors (Lipinski definition) is 4. The van der Waals surface area contributed by atoms with Gasteiger partial charge in [-0.15, -0.1) is 0 Å². The maximum Gasteiger partial charge on any atom is 0.256 e. The highest BCUT2D eigenvalue weighted by Gasteiger charge is 2.38. The van der Waals surface area contributed by atoms with E-state index in [4.69, 9.17) is 4.74 Å². The molecule has 3 heterocycles. The Bertz CT molecular complexity index is 879. The van der Waals surface area contributed by atoms with Gasteiger partial charge < -0.3 is 19.9 Å². The van der Waals surface area contributed by atoms with Crippen molar-refractivity contribution in [3.8, 4) is 0 Å². The van der Waals surface area contributed by atoms with Gasteiger partial charge in [0.15, 0.2) is 0 Å². The Morgan fingerprint density at radius 3 is 2.67 bits per heavy atom. The van der Waals surface area contributed by atoms with Crippen LogP contribution in [0.1, 0.15) is 46.8 Å². The molecule has 1 N–H and O–H groups in total. The van der Waals surface area contributed by atoms with Crippen LogP contribution in [0.25, 0.3) is 0 Å². The van der Waals surface area contributed by atoms with Crippen molar-refractivity contribution in [2.75, 3.05) is 44.6 Å². The number of nitrogens with zero attached hydrogens (tertiary/aromatic N) is 2. The molecule has 0 radical (unpaired) electrons. The Kier molecular flexibility index (Phi) is 5.73. The highest BCUT2D eigenvalue weighted by Crippen LogP contribution is 2.34. The van der Waals surface area contributed by atoms with Gasteiger partial charge in [-0.2, -0.15) is 0 Å². The van der Waals surface area contributed by atoms with Crippen LogP contribution in [0.3, 0.4) is 0 Å². The summed E-state index contributed by atoms with van der Waals surface area (Å²) in [4.78, 5) is 18.4. The molecule has 5 rings (SSSR count). The van der Waals surface area contributed by atoms with Crippen molar-refractivity contribution in [1.82, 2.24) is 9.80 Å². The number of amides is 1. The van der Waals surface area contributed by atoms with Crippen LogP contribution in [0.5, 0.6) is 0 Å². The van der Waals surface area contributed by atoms with E-state index in [-0.39, 0.29) is 18.1 Å². The van der Waals surface area contributed by atoms with Gasteiger partial charge in [-0.3, -0.25) is 4.79 Å². The van der Waals surface area contributed by atoms with Crippen LogP contribution in [0, 0.1) is 0 Å². The normalized spacial score (nSPS) is 24.3. The molecular weight excluding hydrogens is 374 g/mol. The highest BCUT2D eigenvalue weighted by molar-refractivity contribution is 6.00. The van der Waals surface area contributed by atoms with Crippen molar-refractivity contribution < 1.29 is 9.53 Å². The fourth-order valence-corrected chi connectivity index (χ4v) is 5.22. The third-order valence-corrected chi connectivity index (χ3v) is 6.70. The number of hydrogen-bond donors (Lipinski definition) is 1. The van der Waals surface area contributed by atoms with Gasteiger partial charge in [0.1, 0.15) is 0 Å². The average Bonchev–Trinajstić information content (AvgIpc) is 3.32. The second-order valence-corrected chi connectivity index (χ2v) is 8.64. The molecule has 2 saturated heterocycles. The number of likely N-dealkylation sites (tertiary alicyclic amines) is 1. The van der Waals surface area contributed by atoms with E-state index >= 15 is 0 Å². The summed E-state index contributed by atoms with van der Waals surface area (Å²) in [6.07, 6.45) is 4.66. The predicted octanol–water partition coefficient (Wildman–Crippen LogP) is 3.72. The first-order valence-corrected chi connectivity index (χ1v) is 11.4. The molecule has 5 heteroatoms. The van der Waals surface area contributed by atoms with Crippen LogP contribution in [0.2, 0.25) is 0 Å². The monoisotopic (exact) mass is 405 g/mol. The van der Waals surface area contributed by atoms with Crippen LogP contribution in [0.15, 0.2) is 48.5 Å². The van der Waals surface area contributed by atoms with E-state index in [1.165, 1.54) is 18.4 Å². The van der Waals surface area contributed by atoms with Crippen LogP contribution < -0.4 is 5.32 Å². The van der Waals surface area contributed by atoms with Crippen molar-refractivity contribution in [3.05, 3.63) is 65.2 Å². The lowest BCUT2D eigenvalue weighted by Crippen LogP contribution is -2.51.